The Morgan fingerprint density at radius 1 is 1.42 bits per heavy atom. The molecule has 0 heterocycles. The second-order valence-electron chi connectivity index (χ2n) is 5.60. The largest absolute Gasteiger partial charge is 0.479 e. The highest BCUT2D eigenvalue weighted by Gasteiger charge is 2.46. The summed E-state index contributed by atoms with van der Waals surface area (Å²) in [6.07, 6.45) is 0.614. The summed E-state index contributed by atoms with van der Waals surface area (Å²) in [4.78, 5) is 0. The summed E-state index contributed by atoms with van der Waals surface area (Å²) in [7, 11) is 0. The molecule has 2 unspecified atom stereocenters. The average molecular weight is 260 g/mol. The summed E-state index contributed by atoms with van der Waals surface area (Å²) in [6, 6.07) is 10.0. The smallest absolute Gasteiger partial charge is 0.174 e. The lowest BCUT2D eigenvalue weighted by atomic mass is 9.64. The fourth-order valence-electron chi connectivity index (χ4n) is 2.31. The van der Waals surface area contributed by atoms with Crippen molar-refractivity contribution < 1.29 is 9.84 Å². The van der Waals surface area contributed by atoms with Crippen LogP contribution in [0.2, 0.25) is 0 Å². The van der Waals surface area contributed by atoms with E-state index in [9.17, 15) is 5.11 Å². The van der Waals surface area contributed by atoms with Gasteiger partial charge in [-0.15, -0.1) is 0 Å². The number of rotatable bonds is 5. The zero-order valence-electron chi connectivity index (χ0n) is 11.4. The monoisotopic (exact) mass is 260 g/mol. The number of aliphatic hydroxyl groups excluding tert-OH is 1. The summed E-state index contributed by atoms with van der Waals surface area (Å²) in [5.41, 5.74) is 1.12. The van der Waals surface area contributed by atoms with Crippen molar-refractivity contribution in [2.24, 2.45) is 5.41 Å². The minimum Gasteiger partial charge on any atom is -0.479 e. The van der Waals surface area contributed by atoms with Crippen molar-refractivity contribution in [2.45, 2.75) is 39.0 Å². The van der Waals surface area contributed by atoms with Gasteiger partial charge in [0.15, 0.2) is 6.61 Å². The van der Waals surface area contributed by atoms with Crippen LogP contribution >= 0.6 is 0 Å². The van der Waals surface area contributed by atoms with Crippen LogP contribution in [0.1, 0.15) is 25.8 Å². The Morgan fingerprint density at radius 2 is 2.11 bits per heavy atom. The van der Waals surface area contributed by atoms with Crippen LogP contribution in [0, 0.1) is 16.7 Å². The van der Waals surface area contributed by atoms with Gasteiger partial charge in [0.2, 0.25) is 0 Å². The number of ether oxygens (including phenoxy) is 1. The fourth-order valence-corrected chi connectivity index (χ4v) is 2.31. The maximum atomic E-state index is 9.68. The minimum absolute atomic E-state index is 0.0458. The van der Waals surface area contributed by atoms with Crippen molar-refractivity contribution in [3.63, 3.8) is 0 Å². The molecule has 2 atom stereocenters. The van der Waals surface area contributed by atoms with E-state index in [-0.39, 0.29) is 18.1 Å². The molecule has 1 aromatic rings. The lowest BCUT2D eigenvalue weighted by Crippen LogP contribution is -2.59. The highest BCUT2D eigenvalue weighted by atomic mass is 16.5. The van der Waals surface area contributed by atoms with Crippen molar-refractivity contribution >= 4 is 0 Å². The Balaban J connectivity index is 1.82. The first-order chi connectivity index (χ1) is 9.04. The normalized spacial score (nSPS) is 24.3. The molecule has 4 heteroatoms. The van der Waals surface area contributed by atoms with Gasteiger partial charge in [0.05, 0.1) is 6.10 Å². The maximum Gasteiger partial charge on any atom is 0.174 e. The zero-order chi connectivity index (χ0) is 13.9. The van der Waals surface area contributed by atoms with E-state index >= 15 is 0 Å². The molecule has 2 rings (SSSR count). The molecule has 0 aromatic heterocycles. The molecule has 0 bridgehead atoms. The summed E-state index contributed by atoms with van der Waals surface area (Å²) in [5.74, 6) is 0.713. The summed E-state index contributed by atoms with van der Waals surface area (Å²) >= 11 is 0. The molecule has 1 aliphatic carbocycles. The van der Waals surface area contributed by atoms with Gasteiger partial charge in [0.25, 0.3) is 0 Å². The third-order valence-corrected chi connectivity index (χ3v) is 4.00. The zero-order valence-corrected chi connectivity index (χ0v) is 11.4. The number of benzene rings is 1. The van der Waals surface area contributed by atoms with Crippen molar-refractivity contribution in [3.05, 3.63) is 29.8 Å². The van der Waals surface area contributed by atoms with Crippen molar-refractivity contribution in [1.82, 2.24) is 5.32 Å². The van der Waals surface area contributed by atoms with Gasteiger partial charge in [-0.05, 0) is 24.1 Å². The Hall–Kier alpha value is -1.57. The number of nitrogens with zero attached hydrogens (tertiary/aromatic N) is 1. The maximum absolute atomic E-state index is 9.68. The van der Waals surface area contributed by atoms with E-state index in [0.29, 0.717) is 11.8 Å². The van der Waals surface area contributed by atoms with Gasteiger partial charge >= 0.3 is 0 Å². The number of hydrogen-bond acceptors (Lipinski definition) is 4. The van der Waals surface area contributed by atoms with Crippen LogP contribution in [0.4, 0.5) is 0 Å². The molecule has 1 aromatic carbocycles. The second-order valence-corrected chi connectivity index (χ2v) is 5.60. The standard InChI is InChI=1S/C15H20N2O2/c1-15(2)13(9-14(15)18)17-10-11-3-5-12(6-4-11)19-8-7-16/h3-6,13-14,17-18H,8-10H2,1-2H3. The lowest BCUT2D eigenvalue weighted by molar-refractivity contribution is -0.0729. The van der Waals surface area contributed by atoms with Gasteiger partial charge in [-0.1, -0.05) is 26.0 Å². The van der Waals surface area contributed by atoms with Crippen LogP contribution in [-0.2, 0) is 6.54 Å². The Morgan fingerprint density at radius 3 is 2.63 bits per heavy atom. The summed E-state index contributed by atoms with van der Waals surface area (Å²) < 4.78 is 5.20. The highest BCUT2D eigenvalue weighted by Crippen LogP contribution is 2.40. The van der Waals surface area contributed by atoms with E-state index in [1.807, 2.05) is 30.3 Å². The van der Waals surface area contributed by atoms with E-state index in [1.165, 1.54) is 5.56 Å². The first-order valence-electron chi connectivity index (χ1n) is 6.54. The first-order valence-corrected chi connectivity index (χ1v) is 6.54. The predicted molar refractivity (Wildman–Crippen MR) is 72.6 cm³/mol. The molecule has 0 spiro atoms. The van der Waals surface area contributed by atoms with Crippen LogP contribution in [0.15, 0.2) is 24.3 Å². The fraction of sp³-hybridized carbons (Fsp3) is 0.533. The Kier molecular flexibility index (Phi) is 4.08. The molecule has 1 fully saturated rings. The highest BCUT2D eigenvalue weighted by molar-refractivity contribution is 5.27. The average Bonchev–Trinajstić information content (AvgIpc) is 2.42. The van der Waals surface area contributed by atoms with E-state index in [2.05, 4.69) is 19.2 Å². The molecular weight excluding hydrogens is 240 g/mol. The lowest BCUT2D eigenvalue weighted by Gasteiger charge is -2.49. The third-order valence-electron chi connectivity index (χ3n) is 4.00. The van der Waals surface area contributed by atoms with Crippen LogP contribution in [0.25, 0.3) is 0 Å². The topological polar surface area (TPSA) is 65.3 Å². The van der Waals surface area contributed by atoms with Crippen molar-refractivity contribution in [1.29, 1.82) is 5.26 Å². The molecule has 2 N–H and O–H groups in total. The number of nitriles is 1. The van der Waals surface area contributed by atoms with Crippen molar-refractivity contribution in [2.75, 3.05) is 6.61 Å². The molecular formula is C15H20N2O2. The third kappa shape index (κ3) is 3.06. The molecule has 102 valence electrons. The summed E-state index contributed by atoms with van der Waals surface area (Å²) in [5, 5.41) is 21.6. The van der Waals surface area contributed by atoms with Gasteiger partial charge in [-0.2, -0.15) is 5.26 Å². The number of hydrogen-bond donors (Lipinski definition) is 2. The SMILES string of the molecule is CC1(C)C(O)CC1NCc1ccc(OCC#N)cc1. The van der Waals surface area contributed by atoms with Gasteiger partial charge in [-0.3, -0.25) is 0 Å². The van der Waals surface area contributed by atoms with Gasteiger partial charge in [-0.25, -0.2) is 0 Å². The number of nitrogens with one attached hydrogen (secondary N) is 1. The minimum atomic E-state index is -0.202. The van der Waals surface area contributed by atoms with E-state index < -0.39 is 0 Å². The van der Waals surface area contributed by atoms with E-state index in [4.69, 9.17) is 10.00 Å². The molecule has 0 radical (unpaired) electrons. The van der Waals surface area contributed by atoms with E-state index in [1.54, 1.807) is 0 Å². The van der Waals surface area contributed by atoms with Gasteiger partial charge in [0.1, 0.15) is 11.8 Å². The molecule has 0 saturated heterocycles. The molecule has 1 aliphatic rings. The quantitative estimate of drug-likeness (QED) is 0.848. The van der Waals surface area contributed by atoms with Crippen LogP contribution < -0.4 is 10.1 Å². The van der Waals surface area contributed by atoms with Gasteiger partial charge in [0, 0.05) is 18.0 Å². The molecule has 4 nitrogen and oxygen atoms in total. The molecule has 0 amide bonds. The molecule has 1 saturated carbocycles. The molecule has 0 aliphatic heterocycles. The summed E-state index contributed by atoms with van der Waals surface area (Å²) in [6.45, 7) is 5.01. The Labute approximate surface area is 114 Å². The van der Waals surface area contributed by atoms with Crippen LogP contribution in [-0.4, -0.2) is 23.9 Å². The van der Waals surface area contributed by atoms with Gasteiger partial charge < -0.3 is 15.2 Å². The molecule has 19 heavy (non-hydrogen) atoms. The Bertz CT molecular complexity index is 462. The van der Waals surface area contributed by atoms with Crippen molar-refractivity contribution in [3.8, 4) is 11.8 Å². The number of aliphatic hydroxyl groups is 1. The first kappa shape index (κ1) is 13.9. The predicted octanol–water partition coefficient (Wildman–Crippen LogP) is 1.84. The van der Waals surface area contributed by atoms with E-state index in [0.717, 1.165) is 13.0 Å². The second kappa shape index (κ2) is 5.60. The van der Waals surface area contributed by atoms with Crippen LogP contribution in [0.5, 0.6) is 5.75 Å². The van der Waals surface area contributed by atoms with Crippen LogP contribution in [0.3, 0.4) is 0 Å².